The first-order valence-electron chi connectivity index (χ1n) is 12.9. The van der Waals surface area contributed by atoms with Gasteiger partial charge in [-0.3, -0.25) is 4.79 Å². The molecule has 1 N–H and O–H groups in total. The van der Waals surface area contributed by atoms with E-state index in [4.69, 9.17) is 21.2 Å². The van der Waals surface area contributed by atoms with Crippen LogP contribution in [0.3, 0.4) is 0 Å². The third kappa shape index (κ3) is 5.81. The Morgan fingerprint density at radius 1 is 1.23 bits per heavy atom. The van der Waals surface area contributed by atoms with Crippen molar-refractivity contribution in [2.75, 3.05) is 19.1 Å². The standard InChI is InChI=1S/C29H34ClN5O4/c1-29(2,3)39-33-25(20-12-11-19(38-6)15-23(20)36)17-7-9-18(10-8-17)34(4)27-21(16-31)28(37)35(5)22-13-14-24(30)32-26(22)27/h11-15,17-18,36H,7-10H2,1-6H3/b33-25+. The molecule has 1 aliphatic carbocycles. The lowest BCUT2D eigenvalue weighted by Crippen LogP contribution is -2.39. The number of phenols is 1. The number of fused-ring (bicyclic) bond motifs is 1. The molecule has 1 aromatic carbocycles. The third-order valence-corrected chi connectivity index (χ3v) is 7.39. The van der Waals surface area contributed by atoms with Crippen LogP contribution >= 0.6 is 11.6 Å². The minimum absolute atomic E-state index is 0.0414. The number of benzene rings is 1. The van der Waals surface area contributed by atoms with E-state index in [0.29, 0.717) is 38.9 Å². The SMILES string of the molecule is COc1ccc(/C(=N/OC(C)(C)C)C2CCC(N(C)c3c(C#N)c(=O)n(C)c4ccc(Cl)nc34)CC2)c(O)c1. The van der Waals surface area contributed by atoms with Crippen LogP contribution in [-0.2, 0) is 11.9 Å². The number of hydrogen-bond donors (Lipinski definition) is 1. The van der Waals surface area contributed by atoms with Crippen molar-refractivity contribution < 1.29 is 14.7 Å². The Bertz CT molecular complexity index is 1510. The summed E-state index contributed by atoms with van der Waals surface area (Å²) in [4.78, 5) is 25.3. The van der Waals surface area contributed by atoms with Crippen LogP contribution in [0.15, 0.2) is 40.3 Å². The molecule has 0 amide bonds. The molecule has 9 nitrogen and oxygen atoms in total. The van der Waals surface area contributed by atoms with Gasteiger partial charge in [-0.15, -0.1) is 0 Å². The van der Waals surface area contributed by atoms with E-state index < -0.39 is 5.60 Å². The lowest BCUT2D eigenvalue weighted by atomic mass is 9.80. The van der Waals surface area contributed by atoms with Crippen LogP contribution in [-0.4, -0.2) is 46.2 Å². The first-order chi connectivity index (χ1) is 18.4. The Balaban J connectivity index is 1.65. The lowest BCUT2D eigenvalue weighted by molar-refractivity contribution is -0.0000598. The number of oxime groups is 1. The van der Waals surface area contributed by atoms with E-state index in [1.807, 2.05) is 32.7 Å². The summed E-state index contributed by atoms with van der Waals surface area (Å²) >= 11 is 6.22. The average molecular weight is 552 g/mol. The normalized spacial score (nSPS) is 18.1. The molecule has 1 aliphatic rings. The number of aryl methyl sites for hydroxylation is 1. The van der Waals surface area contributed by atoms with Gasteiger partial charge in [-0.05, 0) is 70.7 Å². The van der Waals surface area contributed by atoms with E-state index in [1.165, 1.54) is 4.57 Å². The number of phenolic OH excluding ortho intramolecular Hbond substituents is 1. The second-order valence-electron chi connectivity index (χ2n) is 10.9. The molecular formula is C29H34ClN5O4. The molecular weight excluding hydrogens is 518 g/mol. The highest BCUT2D eigenvalue weighted by molar-refractivity contribution is 6.29. The summed E-state index contributed by atoms with van der Waals surface area (Å²) in [7, 11) is 5.08. The van der Waals surface area contributed by atoms with Gasteiger partial charge in [-0.25, -0.2) is 4.98 Å². The van der Waals surface area contributed by atoms with Gasteiger partial charge < -0.3 is 24.1 Å². The van der Waals surface area contributed by atoms with Gasteiger partial charge >= 0.3 is 0 Å². The number of aromatic hydroxyl groups is 1. The molecule has 0 bridgehead atoms. The second-order valence-corrected chi connectivity index (χ2v) is 11.3. The Hall–Kier alpha value is -3.77. The van der Waals surface area contributed by atoms with Crippen molar-refractivity contribution in [1.82, 2.24) is 9.55 Å². The Labute approximate surface area is 233 Å². The van der Waals surface area contributed by atoms with Crippen molar-refractivity contribution in [3.05, 3.63) is 57.0 Å². The summed E-state index contributed by atoms with van der Waals surface area (Å²) in [5.41, 5.74) is 2.13. The average Bonchev–Trinajstić information content (AvgIpc) is 2.90. The number of methoxy groups -OCH3 is 1. The summed E-state index contributed by atoms with van der Waals surface area (Å²) in [5, 5.41) is 25.5. The summed E-state index contributed by atoms with van der Waals surface area (Å²) in [6, 6.07) is 10.7. The number of ether oxygens (including phenoxy) is 1. The molecule has 0 saturated heterocycles. The maximum Gasteiger partial charge on any atom is 0.270 e. The van der Waals surface area contributed by atoms with Crippen molar-refractivity contribution in [3.8, 4) is 17.6 Å². The molecule has 10 heteroatoms. The van der Waals surface area contributed by atoms with Crippen LogP contribution < -0.4 is 15.2 Å². The van der Waals surface area contributed by atoms with Crippen molar-refractivity contribution in [3.63, 3.8) is 0 Å². The number of aromatic nitrogens is 2. The van der Waals surface area contributed by atoms with Crippen LogP contribution in [0.25, 0.3) is 11.0 Å². The fraction of sp³-hybridized carbons (Fsp3) is 0.448. The van der Waals surface area contributed by atoms with Gasteiger partial charge in [0.1, 0.15) is 39.4 Å². The van der Waals surface area contributed by atoms with Gasteiger partial charge in [0.15, 0.2) is 0 Å². The van der Waals surface area contributed by atoms with Crippen LogP contribution in [0.2, 0.25) is 5.15 Å². The van der Waals surface area contributed by atoms with Crippen LogP contribution in [0.5, 0.6) is 11.5 Å². The molecule has 0 aliphatic heterocycles. The predicted octanol–water partition coefficient (Wildman–Crippen LogP) is 5.39. The van der Waals surface area contributed by atoms with Crippen molar-refractivity contribution in [2.24, 2.45) is 18.1 Å². The number of rotatable bonds is 6. The van der Waals surface area contributed by atoms with Crippen LogP contribution in [0, 0.1) is 17.2 Å². The molecule has 0 spiro atoms. The number of nitriles is 1. The molecule has 3 aromatic rings. The Morgan fingerprint density at radius 3 is 2.51 bits per heavy atom. The molecule has 1 saturated carbocycles. The number of pyridine rings is 2. The maximum atomic E-state index is 13.0. The van der Waals surface area contributed by atoms with E-state index in [2.05, 4.69) is 16.2 Å². The zero-order chi connectivity index (χ0) is 28.5. The minimum Gasteiger partial charge on any atom is -0.507 e. The van der Waals surface area contributed by atoms with E-state index in [-0.39, 0.29) is 28.8 Å². The summed E-state index contributed by atoms with van der Waals surface area (Å²) in [6.07, 6.45) is 3.08. The molecule has 0 atom stereocenters. The quantitative estimate of drug-likeness (QED) is 0.248. The zero-order valence-electron chi connectivity index (χ0n) is 23.2. The third-order valence-electron chi connectivity index (χ3n) is 7.18. The molecule has 206 valence electrons. The number of hydrogen-bond acceptors (Lipinski definition) is 8. The highest BCUT2D eigenvalue weighted by atomic mass is 35.5. The second kappa shape index (κ2) is 11.1. The topological polar surface area (TPSA) is 113 Å². The first-order valence-corrected chi connectivity index (χ1v) is 13.3. The molecule has 4 rings (SSSR count). The van der Waals surface area contributed by atoms with E-state index in [0.717, 1.165) is 25.7 Å². The highest BCUT2D eigenvalue weighted by Crippen LogP contribution is 2.37. The number of halogens is 1. The van der Waals surface area contributed by atoms with Crippen molar-refractivity contribution >= 4 is 34.0 Å². The van der Waals surface area contributed by atoms with Gasteiger partial charge in [0.2, 0.25) is 0 Å². The highest BCUT2D eigenvalue weighted by Gasteiger charge is 2.32. The number of nitrogens with zero attached hydrogens (tertiary/aromatic N) is 5. The largest absolute Gasteiger partial charge is 0.507 e. The van der Waals surface area contributed by atoms with Crippen molar-refractivity contribution in [2.45, 2.75) is 58.1 Å². The molecule has 2 heterocycles. The van der Waals surface area contributed by atoms with Gasteiger partial charge in [0, 0.05) is 37.7 Å². The van der Waals surface area contributed by atoms with Gasteiger partial charge in [0.25, 0.3) is 5.56 Å². The number of anilines is 1. The smallest absolute Gasteiger partial charge is 0.270 e. The predicted molar refractivity (Wildman–Crippen MR) is 153 cm³/mol. The molecule has 1 fully saturated rings. The summed E-state index contributed by atoms with van der Waals surface area (Å²) in [6.45, 7) is 5.78. The van der Waals surface area contributed by atoms with Crippen molar-refractivity contribution in [1.29, 1.82) is 5.26 Å². The molecule has 39 heavy (non-hydrogen) atoms. The fourth-order valence-electron chi connectivity index (χ4n) is 5.12. The van der Waals surface area contributed by atoms with Gasteiger partial charge in [0.05, 0.1) is 24.0 Å². The molecule has 0 radical (unpaired) electrons. The summed E-state index contributed by atoms with van der Waals surface area (Å²) in [5.74, 6) is 0.679. The first kappa shape index (κ1) is 28.2. The molecule has 2 aromatic heterocycles. The van der Waals surface area contributed by atoms with Gasteiger partial charge in [-0.2, -0.15) is 5.26 Å². The molecule has 0 unspecified atom stereocenters. The minimum atomic E-state index is -0.493. The van der Waals surface area contributed by atoms with E-state index in [1.54, 1.807) is 44.5 Å². The van der Waals surface area contributed by atoms with E-state index in [9.17, 15) is 15.2 Å². The Kier molecular flexibility index (Phi) is 8.07. The maximum absolute atomic E-state index is 13.0. The fourth-order valence-corrected chi connectivity index (χ4v) is 5.27. The van der Waals surface area contributed by atoms with Gasteiger partial charge in [-0.1, -0.05) is 16.8 Å². The van der Waals surface area contributed by atoms with Crippen LogP contribution in [0.1, 0.15) is 57.6 Å². The van der Waals surface area contributed by atoms with E-state index >= 15 is 0 Å². The zero-order valence-corrected chi connectivity index (χ0v) is 23.9. The Morgan fingerprint density at radius 2 is 1.92 bits per heavy atom. The summed E-state index contributed by atoms with van der Waals surface area (Å²) < 4.78 is 6.68. The monoisotopic (exact) mass is 551 g/mol. The van der Waals surface area contributed by atoms with Crippen LogP contribution in [0.4, 0.5) is 5.69 Å². The lowest BCUT2D eigenvalue weighted by Gasteiger charge is -2.37.